The first kappa shape index (κ1) is 31.6. The third-order valence-electron chi connectivity index (χ3n) is 11.9. The molecule has 55 heavy (non-hydrogen) atoms. The van der Waals surface area contributed by atoms with Gasteiger partial charge in [0.15, 0.2) is 0 Å². The van der Waals surface area contributed by atoms with Crippen molar-refractivity contribution < 1.29 is 0 Å². The Hall–Kier alpha value is -6.90. The first-order valence-electron chi connectivity index (χ1n) is 19.1. The number of aromatic nitrogens is 2. The third-order valence-corrected chi connectivity index (χ3v) is 11.9. The summed E-state index contributed by atoms with van der Waals surface area (Å²) in [6.07, 6.45) is 0. The van der Waals surface area contributed by atoms with Crippen LogP contribution in [0.1, 0.15) is 45.1 Å². The van der Waals surface area contributed by atoms with E-state index in [1.54, 1.807) is 0 Å². The zero-order valence-electron chi connectivity index (χ0n) is 30.8. The number of hydrogen-bond acceptors (Lipinski definition) is 2. The van der Waals surface area contributed by atoms with Crippen molar-refractivity contribution in [2.75, 3.05) is 0 Å². The lowest BCUT2D eigenvalue weighted by atomic mass is 9.82. The van der Waals surface area contributed by atoms with Crippen LogP contribution in [0.25, 0.3) is 83.0 Å². The number of fused-ring (bicyclic) bond motifs is 12. The van der Waals surface area contributed by atoms with Crippen LogP contribution >= 0.6 is 0 Å². The molecule has 2 aliphatic carbocycles. The molecule has 0 spiro atoms. The molecule has 0 saturated heterocycles. The van der Waals surface area contributed by atoms with Gasteiger partial charge < -0.3 is 0 Å². The average molecular weight is 701 g/mol. The molecule has 0 N–H and O–H groups in total. The first-order valence-corrected chi connectivity index (χ1v) is 19.1. The normalized spacial score (nSPS) is 13.9. The number of nitrogens with zero attached hydrogens (tertiary/aromatic N) is 2. The largest absolute Gasteiger partial charge is 0.253 e. The maximum Gasteiger partial charge on any atom is 0.0935 e. The van der Waals surface area contributed by atoms with Gasteiger partial charge in [0.05, 0.1) is 28.7 Å². The Morgan fingerprint density at radius 1 is 0.436 bits per heavy atom. The highest BCUT2D eigenvalue weighted by Crippen LogP contribution is 2.60. The van der Waals surface area contributed by atoms with Gasteiger partial charge in [-0.25, -0.2) is 4.98 Å². The van der Waals surface area contributed by atoms with Gasteiger partial charge in [-0.15, -0.1) is 0 Å². The Balaban J connectivity index is 1.23. The van der Waals surface area contributed by atoms with E-state index in [0.29, 0.717) is 0 Å². The van der Waals surface area contributed by atoms with Crippen molar-refractivity contribution >= 4 is 27.1 Å². The molecule has 8 aromatic carbocycles. The van der Waals surface area contributed by atoms with Gasteiger partial charge in [0.1, 0.15) is 0 Å². The number of rotatable bonds is 4. The molecular weight excluding hydrogens is 665 g/mol. The van der Waals surface area contributed by atoms with Crippen molar-refractivity contribution in [3.05, 3.63) is 210 Å². The number of aryl methyl sites for hydroxylation is 2. The van der Waals surface area contributed by atoms with E-state index in [-0.39, 0.29) is 5.92 Å². The summed E-state index contributed by atoms with van der Waals surface area (Å²) in [5.74, 6) is -0.164. The van der Waals surface area contributed by atoms with Crippen LogP contribution in [-0.2, 0) is 0 Å². The van der Waals surface area contributed by atoms with Gasteiger partial charge >= 0.3 is 0 Å². The molecular formula is C53H36N2. The van der Waals surface area contributed by atoms with Crippen molar-refractivity contribution in [2.45, 2.75) is 19.8 Å². The SMILES string of the molecule is C=C1c2c3c(c4ccccc4c2-c2ccc4ccccc4c21)-c1ccccc1C3c1nc(C)c(-c2ccccc2C)nc1-c1ccc(-c2ccccc2)cc1. The Labute approximate surface area is 321 Å². The van der Waals surface area contributed by atoms with Gasteiger partial charge in [-0.1, -0.05) is 170 Å². The lowest BCUT2D eigenvalue weighted by Crippen LogP contribution is -2.11. The minimum atomic E-state index is -0.164. The van der Waals surface area contributed by atoms with Gasteiger partial charge in [0.2, 0.25) is 0 Å². The fourth-order valence-electron chi connectivity index (χ4n) is 9.47. The van der Waals surface area contributed by atoms with Crippen LogP contribution in [-0.4, -0.2) is 9.97 Å². The summed E-state index contributed by atoms with van der Waals surface area (Å²) >= 11 is 0. The smallest absolute Gasteiger partial charge is 0.0935 e. The standard InChI is InChI=1S/C53H36N2/c1-31-15-7-9-19-38(31)51-33(3)54-53(52(55-51)37-27-25-35(26-28-37)34-16-5-4-6-17-34)49-43-24-14-13-23-42(43)47-40-21-11-12-22-41(40)48-44-30-29-36-18-8-10-20-39(36)45(44)32(2)46(48)50(47)49/h4-30,49H,2H2,1,3H3. The molecule has 1 atom stereocenters. The summed E-state index contributed by atoms with van der Waals surface area (Å²) in [6, 6.07) is 59.1. The van der Waals surface area contributed by atoms with Crippen LogP contribution in [0.15, 0.2) is 170 Å². The predicted octanol–water partition coefficient (Wildman–Crippen LogP) is 13.6. The number of benzene rings is 8. The van der Waals surface area contributed by atoms with Crippen molar-refractivity contribution in [1.29, 1.82) is 0 Å². The van der Waals surface area contributed by atoms with E-state index in [4.69, 9.17) is 16.5 Å². The molecule has 2 heteroatoms. The molecule has 0 radical (unpaired) electrons. The molecule has 11 rings (SSSR count). The van der Waals surface area contributed by atoms with Gasteiger partial charge in [-0.3, -0.25) is 4.98 Å². The first-order chi connectivity index (χ1) is 27.1. The van der Waals surface area contributed by atoms with Crippen LogP contribution in [0.3, 0.4) is 0 Å². The molecule has 0 amide bonds. The minimum absolute atomic E-state index is 0.164. The summed E-state index contributed by atoms with van der Waals surface area (Å²) in [5.41, 5.74) is 20.5. The van der Waals surface area contributed by atoms with Gasteiger partial charge in [0, 0.05) is 11.1 Å². The highest BCUT2D eigenvalue weighted by molar-refractivity contribution is 6.21. The molecule has 2 nitrogen and oxygen atoms in total. The zero-order valence-corrected chi connectivity index (χ0v) is 30.8. The summed E-state index contributed by atoms with van der Waals surface area (Å²) in [6.45, 7) is 9.20. The second kappa shape index (κ2) is 12.1. The highest BCUT2D eigenvalue weighted by atomic mass is 14.9. The van der Waals surface area contributed by atoms with E-state index >= 15 is 0 Å². The monoisotopic (exact) mass is 700 g/mol. The highest BCUT2D eigenvalue weighted by Gasteiger charge is 2.41. The summed E-state index contributed by atoms with van der Waals surface area (Å²) in [4.78, 5) is 11.3. The minimum Gasteiger partial charge on any atom is -0.253 e. The maximum absolute atomic E-state index is 5.66. The lowest BCUT2D eigenvalue weighted by molar-refractivity contribution is 0.912. The van der Waals surface area contributed by atoms with Crippen LogP contribution in [0.4, 0.5) is 0 Å². The van der Waals surface area contributed by atoms with E-state index in [9.17, 15) is 0 Å². The van der Waals surface area contributed by atoms with Crippen LogP contribution in [0.2, 0.25) is 0 Å². The zero-order chi connectivity index (χ0) is 36.8. The molecule has 258 valence electrons. The van der Waals surface area contributed by atoms with Crippen molar-refractivity contribution in [2.24, 2.45) is 0 Å². The molecule has 0 fully saturated rings. The summed E-state index contributed by atoms with van der Waals surface area (Å²) < 4.78 is 0. The topological polar surface area (TPSA) is 25.8 Å². The van der Waals surface area contributed by atoms with Crippen molar-refractivity contribution in [1.82, 2.24) is 9.97 Å². The fraction of sp³-hybridized carbons (Fsp3) is 0.0566. The summed E-state index contributed by atoms with van der Waals surface area (Å²) in [7, 11) is 0. The van der Waals surface area contributed by atoms with Gasteiger partial charge in [-0.2, -0.15) is 0 Å². The quantitative estimate of drug-likeness (QED) is 0.183. The second-order valence-electron chi connectivity index (χ2n) is 14.9. The third kappa shape index (κ3) is 4.61. The van der Waals surface area contributed by atoms with E-state index in [0.717, 1.165) is 39.5 Å². The van der Waals surface area contributed by atoms with E-state index < -0.39 is 0 Å². The molecule has 2 aliphatic rings. The van der Waals surface area contributed by atoms with Gasteiger partial charge in [0.25, 0.3) is 0 Å². The Kier molecular flexibility index (Phi) is 6.93. The molecule has 1 unspecified atom stereocenters. The second-order valence-corrected chi connectivity index (χ2v) is 14.9. The Morgan fingerprint density at radius 2 is 1.05 bits per heavy atom. The maximum atomic E-state index is 5.66. The van der Waals surface area contributed by atoms with E-state index in [1.165, 1.54) is 82.7 Å². The molecule has 1 heterocycles. The van der Waals surface area contributed by atoms with Crippen LogP contribution < -0.4 is 0 Å². The summed E-state index contributed by atoms with van der Waals surface area (Å²) in [5, 5.41) is 4.99. The molecule has 0 saturated carbocycles. The fourth-order valence-corrected chi connectivity index (χ4v) is 9.47. The Morgan fingerprint density at radius 3 is 1.84 bits per heavy atom. The molecule has 0 aliphatic heterocycles. The molecule has 0 bridgehead atoms. The predicted molar refractivity (Wildman–Crippen MR) is 229 cm³/mol. The van der Waals surface area contributed by atoms with Gasteiger partial charge in [-0.05, 0) is 102 Å². The average Bonchev–Trinajstić information content (AvgIpc) is 3.74. The van der Waals surface area contributed by atoms with Crippen molar-refractivity contribution in [3.63, 3.8) is 0 Å². The molecule has 1 aromatic heterocycles. The Bertz CT molecular complexity index is 3060. The number of hydrogen-bond donors (Lipinski definition) is 0. The lowest BCUT2D eigenvalue weighted by Gasteiger charge is -2.23. The van der Waals surface area contributed by atoms with E-state index in [2.05, 4.69) is 178 Å². The molecule has 9 aromatic rings. The van der Waals surface area contributed by atoms with Crippen LogP contribution in [0.5, 0.6) is 0 Å². The van der Waals surface area contributed by atoms with Crippen molar-refractivity contribution in [3.8, 4) is 55.9 Å². The van der Waals surface area contributed by atoms with E-state index in [1.807, 2.05) is 0 Å². The van der Waals surface area contributed by atoms with Crippen LogP contribution in [0, 0.1) is 13.8 Å².